The largest absolute Gasteiger partial charge is 0.300 e. The number of ketones is 1. The second-order valence-corrected chi connectivity index (χ2v) is 15.5. The van der Waals surface area contributed by atoms with Gasteiger partial charge >= 0.3 is 0 Å². The van der Waals surface area contributed by atoms with E-state index in [0.29, 0.717) is 5.78 Å². The van der Waals surface area contributed by atoms with Gasteiger partial charge in [-0.15, -0.1) is 0 Å². The predicted octanol–water partition coefficient (Wildman–Crippen LogP) is 17.0. The van der Waals surface area contributed by atoms with Gasteiger partial charge in [0.15, 0.2) is 0 Å². The molecule has 0 aliphatic heterocycles. The number of hydrogen-bond donors (Lipinski definition) is 0. The Hall–Kier alpha value is -0.330. The fraction of sp³-hybridized carbons (Fsp3) is 0.978. The van der Waals surface area contributed by atoms with Crippen molar-refractivity contribution in [3.05, 3.63) is 0 Å². The fourth-order valence-corrected chi connectivity index (χ4v) is 7.28. The summed E-state index contributed by atoms with van der Waals surface area (Å²) >= 11 is 0. The molecule has 1 heteroatoms. The average Bonchev–Trinajstić information content (AvgIpc) is 3.06. The van der Waals surface area contributed by atoms with E-state index in [9.17, 15) is 4.79 Å². The van der Waals surface area contributed by atoms with Gasteiger partial charge in [-0.3, -0.25) is 4.79 Å². The Morgan fingerprint density at radius 3 is 0.500 bits per heavy atom. The first-order valence-corrected chi connectivity index (χ1v) is 22.3. The summed E-state index contributed by atoms with van der Waals surface area (Å²) in [5.41, 5.74) is 0. The Bertz CT molecular complexity index is 539. The highest BCUT2D eigenvalue weighted by Crippen LogP contribution is 2.17. The summed E-state index contributed by atoms with van der Waals surface area (Å²) in [5, 5.41) is 0. The first-order valence-electron chi connectivity index (χ1n) is 22.3. The van der Waals surface area contributed by atoms with Crippen molar-refractivity contribution in [2.45, 2.75) is 284 Å². The minimum Gasteiger partial charge on any atom is -0.300 e. The summed E-state index contributed by atoms with van der Waals surface area (Å²) in [5.74, 6) is 0.532. The predicted molar refractivity (Wildman–Crippen MR) is 210 cm³/mol. The van der Waals surface area contributed by atoms with Gasteiger partial charge in [-0.25, -0.2) is 0 Å². The molecule has 0 saturated carbocycles. The van der Waals surface area contributed by atoms with Crippen LogP contribution in [0.15, 0.2) is 0 Å². The van der Waals surface area contributed by atoms with Gasteiger partial charge in [-0.05, 0) is 12.8 Å². The molecule has 0 radical (unpaired) electrons. The Morgan fingerprint density at radius 2 is 0.348 bits per heavy atom. The number of carbonyl (C=O) groups is 1. The number of unbranched alkanes of at least 4 members (excludes halogenated alkanes) is 38. The molecule has 0 atom stereocenters. The third-order valence-electron chi connectivity index (χ3n) is 10.6. The van der Waals surface area contributed by atoms with Crippen molar-refractivity contribution >= 4 is 5.78 Å². The van der Waals surface area contributed by atoms with Gasteiger partial charge in [0.05, 0.1) is 0 Å². The molecule has 0 bridgehead atoms. The van der Waals surface area contributed by atoms with Crippen LogP contribution in [0.4, 0.5) is 0 Å². The molecule has 0 aliphatic rings. The number of Topliss-reactive ketones (excluding diaryl/α,β-unsaturated/α-hetero) is 1. The maximum Gasteiger partial charge on any atom is 0.132 e. The van der Waals surface area contributed by atoms with Gasteiger partial charge in [-0.2, -0.15) is 0 Å². The minimum atomic E-state index is 0.532. The molecule has 0 spiro atoms. The van der Waals surface area contributed by atoms with Crippen LogP contribution in [0.5, 0.6) is 0 Å². The highest BCUT2D eigenvalue weighted by atomic mass is 16.1. The molecule has 0 aliphatic carbocycles. The van der Waals surface area contributed by atoms with E-state index in [-0.39, 0.29) is 0 Å². The van der Waals surface area contributed by atoms with Crippen molar-refractivity contribution in [3.8, 4) is 0 Å². The molecule has 1 nitrogen and oxygen atoms in total. The van der Waals surface area contributed by atoms with E-state index in [4.69, 9.17) is 0 Å². The number of hydrogen-bond acceptors (Lipinski definition) is 1. The normalized spacial score (nSPS) is 11.5. The zero-order valence-electron chi connectivity index (χ0n) is 32.6. The molecule has 0 aromatic carbocycles. The maximum atomic E-state index is 12.2. The van der Waals surface area contributed by atoms with Gasteiger partial charge in [0.2, 0.25) is 0 Å². The van der Waals surface area contributed by atoms with Crippen molar-refractivity contribution < 1.29 is 4.79 Å². The summed E-state index contributed by atoms with van der Waals surface area (Å²) in [4.78, 5) is 12.2. The van der Waals surface area contributed by atoms with Crippen LogP contribution in [0, 0.1) is 0 Å². The molecule has 0 aromatic rings. The van der Waals surface area contributed by atoms with Gasteiger partial charge in [0, 0.05) is 12.8 Å². The van der Waals surface area contributed by atoms with Crippen LogP contribution in [-0.4, -0.2) is 5.78 Å². The van der Waals surface area contributed by atoms with Crippen LogP contribution in [0.25, 0.3) is 0 Å². The van der Waals surface area contributed by atoms with Crippen molar-refractivity contribution in [1.82, 2.24) is 0 Å². The Kier molecular flexibility index (Phi) is 42.4. The van der Waals surface area contributed by atoms with E-state index in [1.54, 1.807) is 0 Å². The first kappa shape index (κ1) is 45.7. The van der Waals surface area contributed by atoms with E-state index >= 15 is 0 Å². The van der Waals surface area contributed by atoms with Crippen LogP contribution in [0.2, 0.25) is 0 Å². The fourth-order valence-electron chi connectivity index (χ4n) is 7.28. The molecule has 0 rings (SSSR count). The third-order valence-corrected chi connectivity index (χ3v) is 10.6. The van der Waals surface area contributed by atoms with Gasteiger partial charge in [0.25, 0.3) is 0 Å². The van der Waals surface area contributed by atoms with Crippen LogP contribution in [0.1, 0.15) is 284 Å². The second-order valence-electron chi connectivity index (χ2n) is 15.5. The van der Waals surface area contributed by atoms with Crippen molar-refractivity contribution in [2.75, 3.05) is 0 Å². The van der Waals surface area contributed by atoms with Crippen molar-refractivity contribution in [3.63, 3.8) is 0 Å². The zero-order chi connectivity index (χ0) is 33.3. The molecular weight excluding hydrogens is 556 g/mol. The topological polar surface area (TPSA) is 17.1 Å². The van der Waals surface area contributed by atoms with Crippen LogP contribution >= 0.6 is 0 Å². The molecule has 46 heavy (non-hydrogen) atoms. The Balaban J connectivity index is 3.14. The quantitative estimate of drug-likeness (QED) is 0.0603. The third kappa shape index (κ3) is 41.7. The summed E-state index contributed by atoms with van der Waals surface area (Å²) in [6, 6.07) is 0. The first-order chi connectivity index (χ1) is 22.8. The van der Waals surface area contributed by atoms with Gasteiger partial charge < -0.3 is 0 Å². The zero-order valence-corrected chi connectivity index (χ0v) is 32.6. The highest BCUT2D eigenvalue weighted by Gasteiger charge is 2.02. The smallest absolute Gasteiger partial charge is 0.132 e. The average molecular weight is 647 g/mol. The minimum absolute atomic E-state index is 0.532. The lowest BCUT2D eigenvalue weighted by Crippen LogP contribution is -1.97. The van der Waals surface area contributed by atoms with E-state index < -0.39 is 0 Å². The van der Waals surface area contributed by atoms with Crippen molar-refractivity contribution in [1.29, 1.82) is 0 Å². The molecule has 0 N–H and O–H groups in total. The Morgan fingerprint density at radius 1 is 0.217 bits per heavy atom. The van der Waals surface area contributed by atoms with Crippen LogP contribution in [-0.2, 0) is 4.79 Å². The second kappa shape index (κ2) is 42.7. The lowest BCUT2D eigenvalue weighted by Gasteiger charge is -2.05. The van der Waals surface area contributed by atoms with Crippen LogP contribution < -0.4 is 0 Å². The van der Waals surface area contributed by atoms with E-state index in [1.807, 2.05) is 0 Å². The summed E-state index contributed by atoms with van der Waals surface area (Å²) in [7, 11) is 0. The summed E-state index contributed by atoms with van der Waals surface area (Å²) in [6.45, 7) is 4.60. The molecule has 0 unspecified atom stereocenters. The van der Waals surface area contributed by atoms with E-state index in [2.05, 4.69) is 13.8 Å². The van der Waals surface area contributed by atoms with E-state index in [1.165, 1.54) is 244 Å². The molecule has 276 valence electrons. The number of rotatable bonds is 42. The monoisotopic (exact) mass is 647 g/mol. The van der Waals surface area contributed by atoms with Gasteiger partial charge in [-0.1, -0.05) is 258 Å². The lowest BCUT2D eigenvalue weighted by atomic mass is 10.0. The van der Waals surface area contributed by atoms with E-state index in [0.717, 1.165) is 25.7 Å². The van der Waals surface area contributed by atoms with Crippen molar-refractivity contribution in [2.24, 2.45) is 0 Å². The SMILES string of the molecule is CCCCCCCCCCCCCCCCCCCCCCCCC(=O)CCCCCCCCCCCCCCCCCCCC. The lowest BCUT2D eigenvalue weighted by molar-refractivity contribution is -0.119. The molecule has 0 aromatic heterocycles. The highest BCUT2D eigenvalue weighted by molar-refractivity contribution is 5.78. The molecule has 0 fully saturated rings. The van der Waals surface area contributed by atoms with Gasteiger partial charge in [0.1, 0.15) is 5.78 Å². The molecular formula is C45H90O. The maximum absolute atomic E-state index is 12.2. The summed E-state index contributed by atoms with van der Waals surface area (Å²) in [6.07, 6.45) is 58.3. The van der Waals surface area contributed by atoms with Crippen LogP contribution in [0.3, 0.4) is 0 Å². The molecule has 0 saturated heterocycles. The number of carbonyl (C=O) groups excluding carboxylic acids is 1. The summed E-state index contributed by atoms with van der Waals surface area (Å²) < 4.78 is 0. The standard InChI is InChI=1S/C45H90O/c1-3-5-7-9-11-13-15-17-19-21-23-24-25-26-28-30-32-34-36-38-40-42-44-45(46)43-41-39-37-35-33-31-29-27-22-20-18-16-14-12-10-8-6-4-2/h3-44H2,1-2H3. The Labute approximate surface area is 293 Å². The molecule has 0 heterocycles. The molecule has 0 amide bonds.